The summed E-state index contributed by atoms with van der Waals surface area (Å²) in [5.74, 6) is -1.66. The Morgan fingerprint density at radius 3 is 1.79 bits per heavy atom. The Labute approximate surface area is 148 Å². The molecule has 0 fully saturated rings. The van der Waals surface area contributed by atoms with Gasteiger partial charge in [-0.1, -0.05) is 47.5 Å². The van der Waals surface area contributed by atoms with Gasteiger partial charge in [0, 0.05) is 0 Å². The van der Waals surface area contributed by atoms with Crippen molar-refractivity contribution in [2.45, 2.75) is 0 Å². The summed E-state index contributed by atoms with van der Waals surface area (Å²) in [5.41, 5.74) is 4.88. The van der Waals surface area contributed by atoms with Gasteiger partial charge in [-0.2, -0.15) is 0 Å². The van der Waals surface area contributed by atoms with Crippen molar-refractivity contribution in [1.29, 1.82) is 0 Å². The van der Waals surface area contributed by atoms with Crippen molar-refractivity contribution in [2.75, 3.05) is 6.54 Å². The predicted octanol–water partition coefficient (Wildman–Crippen LogP) is 2.18. The zero-order valence-electron chi connectivity index (χ0n) is 12.3. The van der Waals surface area contributed by atoms with Crippen molar-refractivity contribution in [3.05, 3.63) is 69.7 Å². The maximum Gasteiger partial charge on any atom is 0.271 e. The second-order valence-electron chi connectivity index (χ2n) is 4.64. The van der Waals surface area contributed by atoms with Crippen LogP contribution in [0.2, 0.25) is 10.0 Å². The van der Waals surface area contributed by atoms with Crippen LogP contribution in [0, 0.1) is 0 Å². The van der Waals surface area contributed by atoms with Gasteiger partial charge in [0.05, 0.1) is 27.7 Å². The van der Waals surface area contributed by atoms with E-state index < -0.39 is 17.7 Å². The lowest BCUT2D eigenvalue weighted by Gasteiger charge is -2.09. The van der Waals surface area contributed by atoms with Crippen LogP contribution in [0.4, 0.5) is 0 Å². The standard InChI is InChI=1S/C16H13Cl2N3O3/c17-12-7-3-1-5-10(12)15(23)19-9-14(22)20-21-16(24)11-6-2-4-8-13(11)18/h1-8H,9H2,(H,19,23)(H,20,22)(H,21,24). The van der Waals surface area contributed by atoms with Crippen LogP contribution >= 0.6 is 23.2 Å². The molecule has 2 aromatic carbocycles. The Morgan fingerprint density at radius 2 is 1.25 bits per heavy atom. The van der Waals surface area contributed by atoms with Gasteiger partial charge in [0.2, 0.25) is 0 Å². The summed E-state index contributed by atoms with van der Waals surface area (Å²) < 4.78 is 0. The zero-order chi connectivity index (χ0) is 17.5. The molecule has 6 nitrogen and oxygen atoms in total. The van der Waals surface area contributed by atoms with Crippen LogP contribution in [-0.2, 0) is 4.79 Å². The monoisotopic (exact) mass is 365 g/mol. The average molecular weight is 366 g/mol. The molecule has 0 saturated carbocycles. The first kappa shape index (κ1) is 17.8. The fourth-order valence-corrected chi connectivity index (χ4v) is 2.23. The minimum Gasteiger partial charge on any atom is -0.343 e. The molecule has 0 aromatic heterocycles. The quantitative estimate of drug-likeness (QED) is 0.725. The highest BCUT2D eigenvalue weighted by Crippen LogP contribution is 2.15. The van der Waals surface area contributed by atoms with Gasteiger partial charge in [0.15, 0.2) is 0 Å². The molecule has 8 heteroatoms. The largest absolute Gasteiger partial charge is 0.343 e. The van der Waals surface area contributed by atoms with E-state index in [1.807, 2.05) is 0 Å². The van der Waals surface area contributed by atoms with Crippen LogP contribution in [0.15, 0.2) is 48.5 Å². The fourth-order valence-electron chi connectivity index (χ4n) is 1.78. The first-order valence-electron chi connectivity index (χ1n) is 6.85. The number of carbonyl (C=O) groups excluding carboxylic acids is 3. The maximum absolute atomic E-state index is 11.9. The molecule has 0 spiro atoms. The third kappa shape index (κ3) is 4.71. The summed E-state index contributed by atoms with van der Waals surface area (Å²) >= 11 is 11.8. The SMILES string of the molecule is O=C(CNC(=O)c1ccccc1Cl)NNC(=O)c1ccccc1Cl. The molecule has 0 radical (unpaired) electrons. The number of amides is 3. The Morgan fingerprint density at radius 1 is 0.750 bits per heavy atom. The Kier molecular flexibility index (Phi) is 6.17. The lowest BCUT2D eigenvalue weighted by molar-refractivity contribution is -0.120. The molecule has 0 saturated heterocycles. The number of rotatable bonds is 4. The van der Waals surface area contributed by atoms with Gasteiger partial charge >= 0.3 is 0 Å². The number of hydrazine groups is 1. The summed E-state index contributed by atoms with van der Waals surface area (Å²) in [5, 5.41) is 2.94. The average Bonchev–Trinajstić information content (AvgIpc) is 2.58. The van der Waals surface area contributed by atoms with Gasteiger partial charge in [-0.05, 0) is 24.3 Å². The zero-order valence-corrected chi connectivity index (χ0v) is 13.8. The van der Waals surface area contributed by atoms with E-state index in [0.717, 1.165) is 0 Å². The van der Waals surface area contributed by atoms with Gasteiger partial charge in [-0.25, -0.2) is 0 Å². The first-order valence-corrected chi connectivity index (χ1v) is 7.61. The highest BCUT2D eigenvalue weighted by molar-refractivity contribution is 6.34. The molecule has 0 heterocycles. The summed E-state index contributed by atoms with van der Waals surface area (Å²) in [4.78, 5) is 35.4. The minimum atomic E-state index is -0.601. The van der Waals surface area contributed by atoms with Gasteiger partial charge in [-0.3, -0.25) is 25.2 Å². The van der Waals surface area contributed by atoms with E-state index in [0.29, 0.717) is 0 Å². The van der Waals surface area contributed by atoms with Crippen LogP contribution in [0.1, 0.15) is 20.7 Å². The maximum atomic E-state index is 11.9. The molecule has 2 rings (SSSR count). The Hall–Kier alpha value is -2.57. The lowest BCUT2D eigenvalue weighted by Crippen LogP contribution is -2.46. The molecule has 3 amide bonds. The molecule has 0 aliphatic carbocycles. The molecule has 0 unspecified atom stereocenters. The molecule has 0 bridgehead atoms. The van der Waals surface area contributed by atoms with Gasteiger partial charge < -0.3 is 5.32 Å². The topological polar surface area (TPSA) is 87.3 Å². The minimum absolute atomic E-state index is 0.222. The van der Waals surface area contributed by atoms with Gasteiger partial charge in [-0.15, -0.1) is 0 Å². The van der Waals surface area contributed by atoms with Crippen LogP contribution in [0.3, 0.4) is 0 Å². The van der Waals surface area contributed by atoms with Crippen molar-refractivity contribution < 1.29 is 14.4 Å². The van der Waals surface area contributed by atoms with Crippen molar-refractivity contribution in [3.8, 4) is 0 Å². The number of hydrogen-bond donors (Lipinski definition) is 3. The van der Waals surface area contributed by atoms with E-state index in [-0.39, 0.29) is 27.7 Å². The van der Waals surface area contributed by atoms with Crippen molar-refractivity contribution in [3.63, 3.8) is 0 Å². The third-order valence-electron chi connectivity index (χ3n) is 2.96. The van der Waals surface area contributed by atoms with E-state index in [1.54, 1.807) is 36.4 Å². The molecule has 3 N–H and O–H groups in total. The molecule has 0 atom stereocenters. The molecule has 0 aliphatic rings. The second-order valence-corrected chi connectivity index (χ2v) is 5.46. The van der Waals surface area contributed by atoms with Crippen molar-refractivity contribution in [1.82, 2.24) is 16.2 Å². The van der Waals surface area contributed by atoms with Gasteiger partial charge in [0.1, 0.15) is 0 Å². The number of benzene rings is 2. The van der Waals surface area contributed by atoms with E-state index in [4.69, 9.17) is 23.2 Å². The smallest absolute Gasteiger partial charge is 0.271 e. The number of carbonyl (C=O) groups is 3. The second kappa shape index (κ2) is 8.33. The Bertz CT molecular complexity index is 717. The van der Waals surface area contributed by atoms with Gasteiger partial charge in [0.25, 0.3) is 17.7 Å². The molecule has 2 aromatic rings. The third-order valence-corrected chi connectivity index (χ3v) is 3.62. The van der Waals surface area contributed by atoms with E-state index in [9.17, 15) is 14.4 Å². The van der Waals surface area contributed by atoms with E-state index in [1.165, 1.54) is 12.1 Å². The van der Waals surface area contributed by atoms with Crippen LogP contribution < -0.4 is 16.2 Å². The van der Waals surface area contributed by atoms with E-state index in [2.05, 4.69) is 16.2 Å². The number of nitrogens with one attached hydrogen (secondary N) is 3. The van der Waals surface area contributed by atoms with Crippen LogP contribution in [0.25, 0.3) is 0 Å². The van der Waals surface area contributed by atoms with Crippen molar-refractivity contribution in [2.24, 2.45) is 0 Å². The lowest BCUT2D eigenvalue weighted by atomic mass is 10.2. The predicted molar refractivity (Wildman–Crippen MR) is 90.8 cm³/mol. The normalized spacial score (nSPS) is 9.92. The summed E-state index contributed by atoms with van der Waals surface area (Å²) in [6, 6.07) is 12.9. The van der Waals surface area contributed by atoms with Crippen molar-refractivity contribution >= 4 is 40.9 Å². The number of hydrogen-bond acceptors (Lipinski definition) is 3. The number of halogens is 2. The molecular weight excluding hydrogens is 353 g/mol. The Balaban J connectivity index is 1.82. The van der Waals surface area contributed by atoms with Crippen LogP contribution in [0.5, 0.6) is 0 Å². The summed E-state index contributed by atoms with van der Waals surface area (Å²) in [6.45, 7) is -0.327. The molecular formula is C16H13Cl2N3O3. The highest BCUT2D eigenvalue weighted by atomic mass is 35.5. The van der Waals surface area contributed by atoms with E-state index >= 15 is 0 Å². The molecule has 124 valence electrons. The molecule has 0 aliphatic heterocycles. The molecule has 24 heavy (non-hydrogen) atoms. The fraction of sp³-hybridized carbons (Fsp3) is 0.0625. The first-order chi connectivity index (χ1) is 11.5. The summed E-state index contributed by atoms with van der Waals surface area (Å²) in [7, 11) is 0. The summed E-state index contributed by atoms with van der Waals surface area (Å²) in [6.07, 6.45) is 0. The van der Waals surface area contributed by atoms with Crippen LogP contribution in [-0.4, -0.2) is 24.3 Å². The highest BCUT2D eigenvalue weighted by Gasteiger charge is 2.13.